The summed E-state index contributed by atoms with van der Waals surface area (Å²) in [4.78, 5) is 0. The summed E-state index contributed by atoms with van der Waals surface area (Å²) in [6, 6.07) is 0. The van der Waals surface area contributed by atoms with E-state index in [1.165, 1.54) is 0 Å². The van der Waals surface area contributed by atoms with Gasteiger partial charge in [-0.1, -0.05) is 27.7 Å². The van der Waals surface area contributed by atoms with E-state index in [4.69, 9.17) is 4.18 Å². The Morgan fingerprint density at radius 1 is 1.15 bits per heavy atom. The van der Waals surface area contributed by atoms with Crippen molar-refractivity contribution < 1.29 is 43.6 Å². The Bertz CT molecular complexity index is 215. The van der Waals surface area contributed by atoms with E-state index >= 15 is 0 Å². The minimum absolute atomic E-state index is 0. The first-order valence-electron chi connectivity index (χ1n) is 4.20. The van der Waals surface area contributed by atoms with Crippen LogP contribution in [0, 0.1) is 11.8 Å². The van der Waals surface area contributed by atoms with Crippen LogP contribution in [0.1, 0.15) is 29.1 Å². The van der Waals surface area contributed by atoms with Crippen molar-refractivity contribution in [2.45, 2.75) is 27.7 Å². The minimum atomic E-state index is -3.28. The van der Waals surface area contributed by atoms with Gasteiger partial charge in [0, 0.05) is 0 Å². The van der Waals surface area contributed by atoms with Crippen LogP contribution in [0.2, 0.25) is 0 Å². The smallest absolute Gasteiger partial charge is 1.00 e. The first-order chi connectivity index (χ1) is 5.33. The third kappa shape index (κ3) is 10.8. The van der Waals surface area contributed by atoms with E-state index in [1.54, 1.807) is 0 Å². The summed E-state index contributed by atoms with van der Waals surface area (Å²) in [6.45, 7) is 7.84. The Balaban J connectivity index is -0.000000605. The van der Waals surface area contributed by atoms with Gasteiger partial charge in [-0.2, -0.15) is 8.42 Å². The zero-order chi connectivity index (χ0) is 9.78. The van der Waals surface area contributed by atoms with E-state index in [1.807, 2.05) is 27.7 Å². The van der Waals surface area contributed by atoms with Gasteiger partial charge in [0.2, 0.25) is 0 Å². The van der Waals surface area contributed by atoms with Crippen molar-refractivity contribution in [1.82, 2.24) is 0 Å². The average molecular weight is 218 g/mol. The van der Waals surface area contributed by atoms with Crippen LogP contribution in [0.4, 0.5) is 0 Å². The Labute approximate surface area is 105 Å². The fourth-order valence-corrected chi connectivity index (χ4v) is 2.09. The predicted octanol–water partition coefficient (Wildman–Crippen LogP) is -1.24. The molecular weight excluding hydrogens is 199 g/mol. The van der Waals surface area contributed by atoms with Gasteiger partial charge in [-0.25, -0.2) is 0 Å². The van der Waals surface area contributed by atoms with Gasteiger partial charge in [-0.05, 0) is 11.8 Å². The average Bonchev–Trinajstić information content (AvgIpc) is 1.81. The van der Waals surface area contributed by atoms with Crippen molar-refractivity contribution in [3.05, 3.63) is 0 Å². The van der Waals surface area contributed by atoms with E-state index in [9.17, 15) is 8.42 Å². The molecule has 0 radical (unpaired) electrons. The SMILES string of the molecule is CC(C)COS(=O)(=O)CC(C)C.[H-].[Na+]. The maximum atomic E-state index is 11.1. The third-order valence-electron chi connectivity index (χ3n) is 1.12. The molecular formula is C8H19NaO3S. The molecule has 0 aliphatic heterocycles. The van der Waals surface area contributed by atoms with Crippen molar-refractivity contribution in [1.29, 1.82) is 0 Å². The molecule has 13 heavy (non-hydrogen) atoms. The molecule has 0 heterocycles. The normalized spacial score (nSPS) is 11.8. The molecule has 0 aliphatic rings. The summed E-state index contributed by atoms with van der Waals surface area (Å²) in [5.41, 5.74) is 0. The van der Waals surface area contributed by atoms with Crippen LogP contribution in [-0.4, -0.2) is 20.8 Å². The summed E-state index contributed by atoms with van der Waals surface area (Å²) in [5.74, 6) is 0.494. The van der Waals surface area contributed by atoms with Gasteiger partial charge in [-0.3, -0.25) is 4.18 Å². The molecule has 0 saturated heterocycles. The summed E-state index contributed by atoms with van der Waals surface area (Å²) < 4.78 is 27.0. The Morgan fingerprint density at radius 3 is 1.92 bits per heavy atom. The van der Waals surface area contributed by atoms with Crippen LogP contribution < -0.4 is 29.6 Å². The van der Waals surface area contributed by atoms with Crippen molar-refractivity contribution >= 4 is 10.1 Å². The Kier molecular flexibility index (Phi) is 9.10. The van der Waals surface area contributed by atoms with Crippen molar-refractivity contribution in [3.63, 3.8) is 0 Å². The van der Waals surface area contributed by atoms with Gasteiger partial charge in [0.25, 0.3) is 10.1 Å². The molecule has 0 N–H and O–H groups in total. The number of rotatable bonds is 5. The summed E-state index contributed by atoms with van der Waals surface area (Å²) >= 11 is 0. The van der Waals surface area contributed by atoms with Gasteiger partial charge in [-0.15, -0.1) is 0 Å². The molecule has 0 unspecified atom stereocenters. The van der Waals surface area contributed by atoms with Crippen LogP contribution in [0.15, 0.2) is 0 Å². The van der Waals surface area contributed by atoms with Crippen LogP contribution in [-0.2, 0) is 14.3 Å². The zero-order valence-corrected chi connectivity index (χ0v) is 12.0. The van der Waals surface area contributed by atoms with E-state index in [2.05, 4.69) is 0 Å². The van der Waals surface area contributed by atoms with Crippen molar-refractivity contribution in [2.75, 3.05) is 12.4 Å². The predicted molar refractivity (Wildman–Crippen MR) is 50.5 cm³/mol. The first-order valence-corrected chi connectivity index (χ1v) is 5.78. The van der Waals surface area contributed by atoms with Gasteiger partial charge in [0.1, 0.15) is 0 Å². The molecule has 76 valence electrons. The van der Waals surface area contributed by atoms with Crippen LogP contribution >= 0.6 is 0 Å². The molecule has 0 aromatic rings. The molecule has 0 aliphatic carbocycles. The molecule has 0 rings (SSSR count). The fourth-order valence-electron chi connectivity index (χ4n) is 0.696. The topological polar surface area (TPSA) is 43.4 Å². The van der Waals surface area contributed by atoms with Gasteiger partial charge in [0.15, 0.2) is 0 Å². The van der Waals surface area contributed by atoms with Crippen LogP contribution in [0.3, 0.4) is 0 Å². The van der Waals surface area contributed by atoms with Crippen LogP contribution in [0.25, 0.3) is 0 Å². The maximum Gasteiger partial charge on any atom is 1.00 e. The second-order valence-electron chi connectivity index (χ2n) is 3.80. The Morgan fingerprint density at radius 2 is 1.62 bits per heavy atom. The monoisotopic (exact) mass is 218 g/mol. The third-order valence-corrected chi connectivity index (χ3v) is 2.69. The standard InChI is InChI=1S/C8H18O3S.Na.H/c1-7(2)5-11-12(9,10)6-8(3)4;;/h7-8H,5-6H2,1-4H3;;/q;+1;-1. The molecule has 0 spiro atoms. The molecule has 0 aromatic carbocycles. The second kappa shape index (κ2) is 7.23. The first kappa shape index (κ1) is 16.3. The summed E-state index contributed by atoms with van der Waals surface area (Å²) in [5, 5.41) is 0. The molecule has 3 nitrogen and oxygen atoms in total. The van der Waals surface area contributed by atoms with Gasteiger partial charge < -0.3 is 1.43 Å². The van der Waals surface area contributed by atoms with E-state index in [0.717, 1.165) is 0 Å². The molecule has 5 heteroatoms. The van der Waals surface area contributed by atoms with Gasteiger partial charge >= 0.3 is 29.6 Å². The van der Waals surface area contributed by atoms with Crippen LogP contribution in [0.5, 0.6) is 0 Å². The minimum Gasteiger partial charge on any atom is -1.00 e. The zero-order valence-electron chi connectivity index (χ0n) is 10.2. The van der Waals surface area contributed by atoms with E-state index in [-0.39, 0.29) is 55.2 Å². The summed E-state index contributed by atoms with van der Waals surface area (Å²) in [7, 11) is -3.28. The maximum absolute atomic E-state index is 11.1. The van der Waals surface area contributed by atoms with Crippen molar-refractivity contribution in [3.8, 4) is 0 Å². The van der Waals surface area contributed by atoms with Crippen molar-refractivity contribution in [2.24, 2.45) is 11.8 Å². The molecule has 0 amide bonds. The van der Waals surface area contributed by atoms with E-state index < -0.39 is 10.1 Å². The molecule has 0 bridgehead atoms. The molecule has 0 atom stereocenters. The second-order valence-corrected chi connectivity index (χ2v) is 5.48. The summed E-state index contributed by atoms with van der Waals surface area (Å²) in [6.07, 6.45) is 0. The van der Waals surface area contributed by atoms with E-state index in [0.29, 0.717) is 0 Å². The number of hydrogen-bond acceptors (Lipinski definition) is 3. The fraction of sp³-hybridized carbons (Fsp3) is 1.00. The Hall–Kier alpha value is 0.910. The largest absolute Gasteiger partial charge is 1.00 e. The molecule has 0 aromatic heterocycles. The quantitative estimate of drug-likeness (QED) is 0.428. The van der Waals surface area contributed by atoms with Gasteiger partial charge in [0.05, 0.1) is 12.4 Å². The number of hydrogen-bond donors (Lipinski definition) is 0. The molecule has 0 fully saturated rings. The molecule has 0 saturated carbocycles.